The number of hydrazine groups is 1. The molecule has 6 heteroatoms. The second kappa shape index (κ2) is 4.59. The fraction of sp³-hybridized carbons (Fsp3) is 0. The lowest BCUT2D eigenvalue weighted by Gasteiger charge is -2.03. The molecule has 0 saturated heterocycles. The topological polar surface area (TPSA) is 81.4 Å². The van der Waals surface area contributed by atoms with Crippen LogP contribution >= 0.6 is 11.6 Å². The Labute approximate surface area is 84.8 Å². The van der Waals surface area contributed by atoms with E-state index in [2.05, 4.69) is 4.74 Å². The van der Waals surface area contributed by atoms with E-state index in [9.17, 15) is 9.59 Å². The van der Waals surface area contributed by atoms with Crippen molar-refractivity contribution in [1.29, 1.82) is 0 Å². The molecule has 0 aromatic heterocycles. The molecule has 14 heavy (non-hydrogen) atoms. The molecule has 0 aliphatic carbocycles. The Morgan fingerprint density at radius 2 is 2.00 bits per heavy atom. The predicted molar refractivity (Wildman–Crippen MR) is 49.4 cm³/mol. The zero-order valence-electron chi connectivity index (χ0n) is 6.99. The van der Waals surface area contributed by atoms with Gasteiger partial charge in [-0.1, -0.05) is 23.7 Å². The van der Waals surface area contributed by atoms with Crippen molar-refractivity contribution in [2.45, 2.75) is 0 Å². The SMILES string of the molecule is NNC(=O)C(=O)Oc1ccccc1Cl. The van der Waals surface area contributed by atoms with E-state index >= 15 is 0 Å². The largest absolute Gasteiger partial charge is 0.418 e. The number of benzene rings is 1. The predicted octanol–water partition coefficient (Wildman–Crippen LogP) is 0.235. The van der Waals surface area contributed by atoms with Crippen molar-refractivity contribution < 1.29 is 14.3 Å². The van der Waals surface area contributed by atoms with Crippen molar-refractivity contribution in [2.24, 2.45) is 5.84 Å². The maximum absolute atomic E-state index is 10.9. The minimum absolute atomic E-state index is 0.114. The van der Waals surface area contributed by atoms with Gasteiger partial charge in [-0.15, -0.1) is 0 Å². The maximum Gasteiger partial charge on any atom is 0.403 e. The summed E-state index contributed by atoms with van der Waals surface area (Å²) >= 11 is 5.68. The van der Waals surface area contributed by atoms with Gasteiger partial charge < -0.3 is 4.74 Å². The molecule has 0 spiro atoms. The monoisotopic (exact) mass is 214 g/mol. The summed E-state index contributed by atoms with van der Waals surface area (Å²) in [6, 6.07) is 6.28. The molecular weight excluding hydrogens is 208 g/mol. The van der Waals surface area contributed by atoms with Crippen LogP contribution in [-0.4, -0.2) is 11.9 Å². The van der Waals surface area contributed by atoms with E-state index in [0.717, 1.165) is 0 Å². The van der Waals surface area contributed by atoms with E-state index in [1.807, 2.05) is 0 Å². The van der Waals surface area contributed by atoms with Gasteiger partial charge in [-0.3, -0.25) is 10.2 Å². The standard InChI is InChI=1S/C8H7ClN2O3/c9-5-3-1-2-4-6(5)14-8(13)7(12)11-10/h1-4H,10H2,(H,11,12). The fourth-order valence-corrected chi connectivity index (χ4v) is 0.907. The number of halogens is 1. The first-order valence-electron chi connectivity index (χ1n) is 3.62. The number of hydrogen-bond acceptors (Lipinski definition) is 4. The van der Waals surface area contributed by atoms with Crippen LogP contribution in [0.25, 0.3) is 0 Å². The van der Waals surface area contributed by atoms with Crippen molar-refractivity contribution in [3.05, 3.63) is 29.3 Å². The molecule has 1 aromatic rings. The van der Waals surface area contributed by atoms with Crippen LogP contribution in [0.5, 0.6) is 5.75 Å². The highest BCUT2D eigenvalue weighted by Gasteiger charge is 2.15. The normalized spacial score (nSPS) is 9.29. The lowest BCUT2D eigenvalue weighted by Crippen LogP contribution is -2.38. The summed E-state index contributed by atoms with van der Waals surface area (Å²) < 4.78 is 4.63. The number of rotatable bonds is 1. The van der Waals surface area contributed by atoms with Crippen molar-refractivity contribution in [1.82, 2.24) is 5.43 Å². The number of nitrogens with one attached hydrogen (secondary N) is 1. The summed E-state index contributed by atoms with van der Waals surface area (Å²) in [4.78, 5) is 21.6. The van der Waals surface area contributed by atoms with Gasteiger partial charge in [0.05, 0.1) is 5.02 Å². The summed E-state index contributed by atoms with van der Waals surface area (Å²) in [6.45, 7) is 0. The van der Waals surface area contributed by atoms with Crippen LogP contribution in [0, 0.1) is 0 Å². The maximum atomic E-state index is 10.9. The van der Waals surface area contributed by atoms with E-state index < -0.39 is 11.9 Å². The summed E-state index contributed by atoms with van der Waals surface area (Å²) in [5, 5.41) is 0.241. The Balaban J connectivity index is 2.75. The molecule has 1 amide bonds. The molecule has 1 rings (SSSR count). The van der Waals surface area contributed by atoms with Crippen molar-refractivity contribution in [2.75, 3.05) is 0 Å². The summed E-state index contributed by atoms with van der Waals surface area (Å²) in [6.07, 6.45) is 0. The van der Waals surface area contributed by atoms with Crippen LogP contribution in [0.2, 0.25) is 5.02 Å². The smallest absolute Gasteiger partial charge is 0.403 e. The molecule has 0 saturated carbocycles. The quantitative estimate of drug-likeness (QED) is 0.175. The second-order valence-corrected chi connectivity index (χ2v) is 2.70. The number of carbonyl (C=O) groups excluding carboxylic acids is 2. The molecule has 0 heterocycles. The lowest BCUT2D eigenvalue weighted by molar-refractivity contribution is -0.148. The zero-order chi connectivity index (χ0) is 10.6. The first-order valence-corrected chi connectivity index (χ1v) is 4.00. The van der Waals surface area contributed by atoms with Crippen molar-refractivity contribution in [3.63, 3.8) is 0 Å². The van der Waals surface area contributed by atoms with E-state index in [-0.39, 0.29) is 10.8 Å². The summed E-state index contributed by atoms with van der Waals surface area (Å²) in [5.41, 5.74) is 1.65. The van der Waals surface area contributed by atoms with Crippen LogP contribution in [0.4, 0.5) is 0 Å². The molecule has 0 radical (unpaired) electrons. The van der Waals surface area contributed by atoms with Crippen molar-refractivity contribution in [3.8, 4) is 5.75 Å². The van der Waals surface area contributed by atoms with E-state index in [1.54, 1.807) is 17.6 Å². The van der Waals surface area contributed by atoms with E-state index in [0.29, 0.717) is 0 Å². The highest BCUT2D eigenvalue weighted by molar-refractivity contribution is 6.34. The van der Waals surface area contributed by atoms with E-state index in [4.69, 9.17) is 17.4 Å². The number of para-hydroxylation sites is 1. The number of esters is 1. The molecule has 0 aliphatic rings. The van der Waals surface area contributed by atoms with Crippen LogP contribution in [-0.2, 0) is 9.59 Å². The van der Waals surface area contributed by atoms with Gasteiger partial charge in [0.2, 0.25) is 0 Å². The van der Waals surface area contributed by atoms with Crippen LogP contribution in [0.1, 0.15) is 0 Å². The highest BCUT2D eigenvalue weighted by Crippen LogP contribution is 2.22. The third kappa shape index (κ3) is 2.45. The number of carbonyl (C=O) groups is 2. The molecule has 74 valence electrons. The molecule has 3 N–H and O–H groups in total. The first-order chi connectivity index (χ1) is 6.65. The molecule has 0 aliphatic heterocycles. The third-order valence-corrected chi connectivity index (χ3v) is 1.67. The van der Waals surface area contributed by atoms with Crippen LogP contribution < -0.4 is 16.0 Å². The van der Waals surface area contributed by atoms with Gasteiger partial charge in [0.1, 0.15) is 5.75 Å². The minimum atomic E-state index is -1.11. The number of ether oxygens (including phenoxy) is 1. The Bertz CT molecular complexity index is 367. The summed E-state index contributed by atoms with van der Waals surface area (Å²) in [7, 11) is 0. The molecule has 0 fully saturated rings. The number of amides is 1. The van der Waals surface area contributed by atoms with E-state index in [1.165, 1.54) is 12.1 Å². The summed E-state index contributed by atoms with van der Waals surface area (Å²) in [5.74, 6) is 2.70. The van der Waals surface area contributed by atoms with Crippen LogP contribution in [0.3, 0.4) is 0 Å². The van der Waals surface area contributed by atoms with Gasteiger partial charge in [-0.2, -0.15) is 0 Å². The minimum Gasteiger partial charge on any atom is -0.418 e. The van der Waals surface area contributed by atoms with Gasteiger partial charge in [0, 0.05) is 0 Å². The Morgan fingerprint density at radius 1 is 1.36 bits per heavy atom. The van der Waals surface area contributed by atoms with Gasteiger partial charge in [-0.25, -0.2) is 10.6 Å². The average Bonchev–Trinajstić information content (AvgIpc) is 2.20. The van der Waals surface area contributed by atoms with Gasteiger partial charge in [0.15, 0.2) is 0 Å². The zero-order valence-corrected chi connectivity index (χ0v) is 7.75. The van der Waals surface area contributed by atoms with Gasteiger partial charge >= 0.3 is 11.9 Å². The third-order valence-electron chi connectivity index (χ3n) is 1.36. The molecule has 1 aromatic carbocycles. The molecular formula is C8H7ClN2O3. The van der Waals surface area contributed by atoms with Gasteiger partial charge in [0.25, 0.3) is 0 Å². The number of nitrogens with two attached hydrogens (primary N) is 1. The first kappa shape index (κ1) is 10.5. The second-order valence-electron chi connectivity index (χ2n) is 2.29. The van der Waals surface area contributed by atoms with Gasteiger partial charge in [-0.05, 0) is 12.1 Å². The average molecular weight is 215 g/mol. The fourth-order valence-electron chi connectivity index (χ4n) is 0.733. The molecule has 0 atom stereocenters. The Morgan fingerprint density at radius 3 is 2.57 bits per heavy atom. The molecule has 0 unspecified atom stereocenters. The number of hydrogen-bond donors (Lipinski definition) is 2. The Hall–Kier alpha value is -1.59. The molecule has 0 bridgehead atoms. The van der Waals surface area contributed by atoms with Crippen LogP contribution in [0.15, 0.2) is 24.3 Å². The molecule has 5 nitrogen and oxygen atoms in total. The Kier molecular flexibility index (Phi) is 3.44. The lowest BCUT2D eigenvalue weighted by atomic mass is 10.3. The van der Waals surface area contributed by atoms with Crippen molar-refractivity contribution >= 4 is 23.5 Å². The highest BCUT2D eigenvalue weighted by atomic mass is 35.5.